The quantitative estimate of drug-likeness (QED) is 0.644. The maximum Gasteiger partial charge on any atom is 0.330 e. The smallest absolute Gasteiger partial charge is 0.330 e. The van der Waals surface area contributed by atoms with Crippen molar-refractivity contribution < 1.29 is 14.9 Å². The van der Waals surface area contributed by atoms with Crippen LogP contribution in [0, 0.1) is 6.92 Å². The van der Waals surface area contributed by atoms with Crippen LogP contribution in [-0.2, 0) is 4.74 Å². The molecular weight excluding hydrogens is 304 g/mol. The van der Waals surface area contributed by atoms with Gasteiger partial charge in [0.2, 0.25) is 0 Å². The zero-order valence-corrected chi connectivity index (χ0v) is 12.5. The van der Waals surface area contributed by atoms with Crippen molar-refractivity contribution in [2.45, 2.75) is 31.8 Å². The molecule has 1 saturated heterocycles. The van der Waals surface area contributed by atoms with Crippen LogP contribution in [0.4, 0.5) is 0 Å². The summed E-state index contributed by atoms with van der Waals surface area (Å²) in [5.41, 5.74) is -0.643. The van der Waals surface area contributed by atoms with Crippen molar-refractivity contribution in [2.24, 2.45) is 0 Å². The van der Waals surface area contributed by atoms with Gasteiger partial charge in [0.25, 0.3) is 5.56 Å². The van der Waals surface area contributed by atoms with Gasteiger partial charge in [-0.1, -0.05) is 0 Å². The number of ether oxygens (including phenoxy) is 1. The topological polar surface area (TPSA) is 130 Å². The van der Waals surface area contributed by atoms with Crippen LogP contribution in [0.1, 0.15) is 18.2 Å². The molecule has 1 fully saturated rings. The minimum Gasteiger partial charge on any atom is -0.394 e. The summed E-state index contributed by atoms with van der Waals surface area (Å²) < 4.78 is 6.54. The molecule has 0 unspecified atom stereocenters. The Kier molecular flexibility index (Phi) is 5.74. The number of rotatable bonds is 2. The summed E-state index contributed by atoms with van der Waals surface area (Å²) in [6.45, 7) is 1.26. The van der Waals surface area contributed by atoms with Crippen molar-refractivity contribution >= 4 is 0 Å². The van der Waals surface area contributed by atoms with Crippen LogP contribution >= 0.6 is 0 Å². The van der Waals surface area contributed by atoms with Crippen molar-refractivity contribution in [1.29, 1.82) is 0 Å². The summed E-state index contributed by atoms with van der Waals surface area (Å²) in [4.78, 5) is 32.3. The van der Waals surface area contributed by atoms with Gasteiger partial charge in [-0.3, -0.25) is 14.3 Å². The third kappa shape index (κ3) is 4.31. The molecule has 0 radical (unpaired) electrons. The van der Waals surface area contributed by atoms with Gasteiger partial charge in [-0.2, -0.15) is 0 Å². The molecule has 0 aliphatic carbocycles. The van der Waals surface area contributed by atoms with E-state index in [2.05, 4.69) is 15.0 Å². The highest BCUT2D eigenvalue weighted by atomic mass is 16.5. The first kappa shape index (κ1) is 17.0. The molecular formula is C14H18N4O5. The largest absolute Gasteiger partial charge is 0.394 e. The Hall–Kier alpha value is -2.36. The third-order valence-electron chi connectivity index (χ3n) is 3.32. The fourth-order valence-corrected chi connectivity index (χ4v) is 2.10. The Labute approximate surface area is 131 Å². The van der Waals surface area contributed by atoms with Gasteiger partial charge in [0.15, 0.2) is 0 Å². The Morgan fingerprint density at radius 2 is 2.09 bits per heavy atom. The SMILES string of the molecule is Cc1cn([C@H]2C[C@H](O)[C@@H](CO)O2)c(=O)[nH]c1=O.c1cncnc1. The standard InChI is InChI=1S/C10H14N2O5.C4H4N2/c1-5-3-12(10(16)11-9(5)15)8-2-6(14)7(4-13)17-8;1-2-5-4-6-3-1/h3,6-8,13-14H,2,4H2,1H3,(H,11,15,16);1-4H/t6-,7+,8+;/m0./s1. The minimum atomic E-state index is -0.816. The van der Waals surface area contributed by atoms with E-state index in [1.54, 1.807) is 25.4 Å². The second-order valence-electron chi connectivity index (χ2n) is 5.00. The molecule has 0 bridgehead atoms. The number of aromatic nitrogens is 4. The lowest BCUT2D eigenvalue weighted by Gasteiger charge is -2.14. The van der Waals surface area contributed by atoms with E-state index in [-0.39, 0.29) is 13.0 Å². The Balaban J connectivity index is 0.000000268. The molecule has 1 aliphatic rings. The van der Waals surface area contributed by atoms with E-state index in [0.717, 1.165) is 0 Å². The highest BCUT2D eigenvalue weighted by molar-refractivity contribution is 5.02. The van der Waals surface area contributed by atoms with Gasteiger partial charge in [0, 0.05) is 30.6 Å². The molecule has 124 valence electrons. The fraction of sp³-hybridized carbons (Fsp3) is 0.429. The van der Waals surface area contributed by atoms with E-state index in [4.69, 9.17) is 9.84 Å². The summed E-state index contributed by atoms with van der Waals surface area (Å²) in [5.74, 6) is 0. The van der Waals surface area contributed by atoms with Crippen LogP contribution in [0.15, 0.2) is 40.6 Å². The van der Waals surface area contributed by atoms with Crippen LogP contribution in [0.3, 0.4) is 0 Å². The first-order chi connectivity index (χ1) is 11.0. The number of nitrogens with one attached hydrogen (secondary N) is 1. The molecule has 0 aromatic carbocycles. The molecule has 0 saturated carbocycles. The predicted molar refractivity (Wildman–Crippen MR) is 79.7 cm³/mol. The lowest BCUT2D eigenvalue weighted by atomic mass is 10.2. The van der Waals surface area contributed by atoms with Gasteiger partial charge >= 0.3 is 5.69 Å². The Morgan fingerprint density at radius 1 is 1.39 bits per heavy atom. The highest BCUT2D eigenvalue weighted by Crippen LogP contribution is 2.27. The zero-order valence-electron chi connectivity index (χ0n) is 12.5. The van der Waals surface area contributed by atoms with Gasteiger partial charge in [-0.05, 0) is 13.0 Å². The van der Waals surface area contributed by atoms with Crippen molar-refractivity contribution in [2.75, 3.05) is 6.61 Å². The third-order valence-corrected chi connectivity index (χ3v) is 3.32. The molecule has 0 spiro atoms. The maximum atomic E-state index is 11.6. The van der Waals surface area contributed by atoms with Crippen LogP contribution in [0.2, 0.25) is 0 Å². The fourth-order valence-electron chi connectivity index (χ4n) is 2.10. The van der Waals surface area contributed by atoms with Crippen LogP contribution in [0.5, 0.6) is 0 Å². The minimum absolute atomic E-state index is 0.205. The predicted octanol–water partition coefficient (Wildman–Crippen LogP) is -1.04. The van der Waals surface area contributed by atoms with Gasteiger partial charge in [-0.15, -0.1) is 0 Å². The number of hydrogen-bond acceptors (Lipinski definition) is 7. The van der Waals surface area contributed by atoms with E-state index < -0.39 is 29.7 Å². The second-order valence-corrected chi connectivity index (χ2v) is 5.00. The summed E-state index contributed by atoms with van der Waals surface area (Å²) >= 11 is 0. The van der Waals surface area contributed by atoms with Gasteiger partial charge < -0.3 is 14.9 Å². The summed E-state index contributed by atoms with van der Waals surface area (Å²) in [6.07, 6.45) is 4.29. The van der Waals surface area contributed by atoms with E-state index in [1.807, 2.05) is 0 Å². The van der Waals surface area contributed by atoms with Gasteiger partial charge in [0.05, 0.1) is 12.7 Å². The average Bonchev–Trinajstić information content (AvgIpc) is 2.94. The van der Waals surface area contributed by atoms with E-state index in [0.29, 0.717) is 5.56 Å². The summed E-state index contributed by atoms with van der Waals surface area (Å²) in [6, 6.07) is 1.78. The molecule has 3 N–H and O–H groups in total. The van der Waals surface area contributed by atoms with Gasteiger partial charge in [-0.25, -0.2) is 14.8 Å². The second kappa shape index (κ2) is 7.77. The molecule has 23 heavy (non-hydrogen) atoms. The van der Waals surface area contributed by atoms with Crippen LogP contribution < -0.4 is 11.2 Å². The molecule has 3 heterocycles. The molecule has 2 aromatic rings. The maximum absolute atomic E-state index is 11.6. The zero-order chi connectivity index (χ0) is 16.8. The lowest BCUT2D eigenvalue weighted by molar-refractivity contribution is -0.0459. The molecule has 1 aliphatic heterocycles. The average molecular weight is 322 g/mol. The molecule has 0 amide bonds. The van der Waals surface area contributed by atoms with E-state index in [9.17, 15) is 14.7 Å². The Bertz CT molecular complexity index is 703. The van der Waals surface area contributed by atoms with Crippen molar-refractivity contribution in [1.82, 2.24) is 19.5 Å². The van der Waals surface area contributed by atoms with Crippen molar-refractivity contribution in [3.63, 3.8) is 0 Å². The first-order valence-corrected chi connectivity index (χ1v) is 6.99. The normalized spacial score (nSPS) is 23.2. The number of nitrogens with zero attached hydrogens (tertiary/aromatic N) is 3. The Morgan fingerprint density at radius 3 is 2.57 bits per heavy atom. The van der Waals surface area contributed by atoms with Crippen molar-refractivity contribution in [3.8, 4) is 0 Å². The highest BCUT2D eigenvalue weighted by Gasteiger charge is 2.34. The molecule has 9 nitrogen and oxygen atoms in total. The molecule has 3 rings (SSSR count). The van der Waals surface area contributed by atoms with Crippen LogP contribution in [0.25, 0.3) is 0 Å². The lowest BCUT2D eigenvalue weighted by Crippen LogP contribution is -2.33. The number of hydrogen-bond donors (Lipinski definition) is 3. The molecule has 3 atom stereocenters. The monoisotopic (exact) mass is 322 g/mol. The van der Waals surface area contributed by atoms with E-state index >= 15 is 0 Å². The van der Waals surface area contributed by atoms with Crippen molar-refractivity contribution in [3.05, 3.63) is 57.4 Å². The number of aryl methyl sites for hydroxylation is 1. The van der Waals surface area contributed by atoms with Gasteiger partial charge in [0.1, 0.15) is 18.7 Å². The number of aliphatic hydroxyl groups excluding tert-OH is 2. The molecule has 9 heteroatoms. The van der Waals surface area contributed by atoms with Crippen LogP contribution in [-0.4, -0.2) is 48.5 Å². The first-order valence-electron chi connectivity index (χ1n) is 6.99. The number of aromatic amines is 1. The number of H-pyrrole nitrogens is 1. The summed E-state index contributed by atoms with van der Waals surface area (Å²) in [7, 11) is 0. The number of aliphatic hydroxyl groups is 2. The summed E-state index contributed by atoms with van der Waals surface area (Å²) in [5, 5.41) is 18.5. The van der Waals surface area contributed by atoms with E-state index in [1.165, 1.54) is 17.1 Å². The molecule has 2 aromatic heterocycles.